The third-order valence-electron chi connectivity index (χ3n) is 4.67. The van der Waals surface area contributed by atoms with Gasteiger partial charge in [0.2, 0.25) is 0 Å². The number of anilines is 2. The summed E-state index contributed by atoms with van der Waals surface area (Å²) in [6.45, 7) is 3.42. The first kappa shape index (κ1) is 12.8. The molecule has 2 aliphatic rings. The van der Waals surface area contributed by atoms with Crippen molar-refractivity contribution >= 4 is 11.4 Å². The number of nitrogens with zero attached hydrogens (tertiary/aromatic N) is 2. The average molecular weight is 259 g/mol. The lowest BCUT2D eigenvalue weighted by molar-refractivity contribution is 0.304. The fourth-order valence-corrected chi connectivity index (χ4v) is 3.52. The molecule has 0 unspecified atom stereocenters. The summed E-state index contributed by atoms with van der Waals surface area (Å²) in [5, 5.41) is 3.77. The highest BCUT2D eigenvalue weighted by molar-refractivity contribution is 5.56. The van der Waals surface area contributed by atoms with Gasteiger partial charge in [0.25, 0.3) is 0 Å². The lowest BCUT2D eigenvalue weighted by Gasteiger charge is -2.42. The first-order valence-corrected chi connectivity index (χ1v) is 7.46. The third-order valence-corrected chi connectivity index (χ3v) is 4.67. The van der Waals surface area contributed by atoms with Crippen LogP contribution in [0.3, 0.4) is 0 Å². The maximum atomic E-state index is 3.77. The molecular formula is C16H25N3. The summed E-state index contributed by atoms with van der Waals surface area (Å²) in [6, 6.07) is 8.98. The van der Waals surface area contributed by atoms with E-state index in [1.54, 1.807) is 0 Å². The molecule has 1 aliphatic carbocycles. The summed E-state index contributed by atoms with van der Waals surface area (Å²) in [5.41, 5.74) is 3.05. The number of benzene rings is 1. The van der Waals surface area contributed by atoms with Crippen molar-refractivity contribution in [3.8, 4) is 0 Å². The van der Waals surface area contributed by atoms with Crippen molar-refractivity contribution < 1.29 is 0 Å². The van der Waals surface area contributed by atoms with Gasteiger partial charge in [0.15, 0.2) is 0 Å². The summed E-state index contributed by atoms with van der Waals surface area (Å²) >= 11 is 0. The van der Waals surface area contributed by atoms with Crippen LogP contribution in [-0.4, -0.2) is 39.3 Å². The summed E-state index contributed by atoms with van der Waals surface area (Å²) in [6.07, 6.45) is 5.47. The molecule has 1 aromatic rings. The zero-order chi connectivity index (χ0) is 13.3. The molecule has 0 amide bonds. The van der Waals surface area contributed by atoms with Crippen LogP contribution in [-0.2, 0) is 0 Å². The molecule has 0 aromatic heterocycles. The Morgan fingerprint density at radius 2 is 1.79 bits per heavy atom. The van der Waals surface area contributed by atoms with Crippen molar-refractivity contribution in [2.45, 2.75) is 31.2 Å². The number of nitrogens with one attached hydrogen (secondary N) is 1. The largest absolute Gasteiger partial charge is 0.378 e. The zero-order valence-corrected chi connectivity index (χ0v) is 12.2. The minimum atomic E-state index is 0.401. The molecule has 104 valence electrons. The Labute approximate surface area is 116 Å². The van der Waals surface area contributed by atoms with Gasteiger partial charge in [0.05, 0.1) is 0 Å². The van der Waals surface area contributed by atoms with Crippen LogP contribution in [0, 0.1) is 0 Å². The van der Waals surface area contributed by atoms with Crippen molar-refractivity contribution in [1.29, 1.82) is 0 Å². The molecule has 0 atom stereocenters. The molecule has 1 saturated carbocycles. The number of hydrogen-bond acceptors (Lipinski definition) is 3. The van der Waals surface area contributed by atoms with Crippen LogP contribution in [0.15, 0.2) is 24.3 Å². The second kappa shape index (κ2) is 5.04. The molecule has 2 fully saturated rings. The fraction of sp³-hybridized carbons (Fsp3) is 0.625. The van der Waals surface area contributed by atoms with Crippen molar-refractivity contribution in [1.82, 2.24) is 5.32 Å². The maximum Gasteiger partial charge on any atom is 0.0368 e. The van der Waals surface area contributed by atoms with Gasteiger partial charge in [-0.2, -0.15) is 0 Å². The van der Waals surface area contributed by atoms with Crippen molar-refractivity contribution in [2.24, 2.45) is 0 Å². The van der Waals surface area contributed by atoms with Crippen LogP contribution in [0.25, 0.3) is 0 Å². The predicted octanol–water partition coefficient (Wildman–Crippen LogP) is 2.48. The molecule has 1 heterocycles. The van der Waals surface area contributed by atoms with Crippen molar-refractivity contribution in [3.63, 3.8) is 0 Å². The Bertz CT molecular complexity index is 418. The summed E-state index contributed by atoms with van der Waals surface area (Å²) in [7, 11) is 4.18. The second-order valence-corrected chi connectivity index (χ2v) is 6.25. The summed E-state index contributed by atoms with van der Waals surface area (Å²) in [4.78, 5) is 4.71. The van der Waals surface area contributed by atoms with Gasteiger partial charge < -0.3 is 15.1 Å². The average Bonchev–Trinajstić information content (AvgIpc) is 2.87. The third kappa shape index (κ3) is 2.57. The van der Waals surface area contributed by atoms with Gasteiger partial charge in [-0.05, 0) is 37.1 Å². The molecule has 3 rings (SSSR count). The first-order chi connectivity index (χ1) is 9.19. The van der Waals surface area contributed by atoms with E-state index < -0.39 is 0 Å². The van der Waals surface area contributed by atoms with Gasteiger partial charge in [-0.3, -0.25) is 0 Å². The smallest absolute Gasteiger partial charge is 0.0368 e. The van der Waals surface area contributed by atoms with E-state index in [4.69, 9.17) is 0 Å². The molecule has 0 radical (unpaired) electrons. The molecule has 1 aromatic carbocycles. The number of hydrogen-bond donors (Lipinski definition) is 1. The lowest BCUT2D eigenvalue weighted by atomic mass is 9.94. The summed E-state index contributed by atoms with van der Waals surface area (Å²) in [5.74, 6) is 0. The fourth-order valence-electron chi connectivity index (χ4n) is 3.52. The van der Waals surface area contributed by atoms with E-state index in [-0.39, 0.29) is 0 Å². The van der Waals surface area contributed by atoms with E-state index in [9.17, 15) is 0 Å². The first-order valence-electron chi connectivity index (χ1n) is 7.46. The molecule has 1 saturated heterocycles. The van der Waals surface area contributed by atoms with Gasteiger partial charge in [0.1, 0.15) is 0 Å². The van der Waals surface area contributed by atoms with Crippen LogP contribution >= 0.6 is 0 Å². The minimum absolute atomic E-state index is 0.401. The van der Waals surface area contributed by atoms with Crippen LogP contribution in [0.2, 0.25) is 0 Å². The molecular weight excluding hydrogens is 234 g/mol. The molecule has 1 aliphatic heterocycles. The monoisotopic (exact) mass is 259 g/mol. The quantitative estimate of drug-likeness (QED) is 0.880. The Morgan fingerprint density at radius 1 is 1.11 bits per heavy atom. The normalized spacial score (nSPS) is 21.9. The predicted molar refractivity (Wildman–Crippen MR) is 82.2 cm³/mol. The number of rotatable bonds is 2. The zero-order valence-electron chi connectivity index (χ0n) is 12.2. The van der Waals surface area contributed by atoms with Crippen molar-refractivity contribution in [3.05, 3.63) is 24.3 Å². The van der Waals surface area contributed by atoms with Crippen molar-refractivity contribution in [2.75, 3.05) is 43.5 Å². The molecule has 19 heavy (non-hydrogen) atoms. The SMILES string of the molecule is CN(C)c1ccc(N2CCNC3(CCCC3)C2)cc1. The standard InChI is InChI=1S/C16H25N3/c1-18(2)14-5-7-15(8-6-14)19-12-11-17-16(13-19)9-3-4-10-16/h5-8,17H,3-4,9-13H2,1-2H3. The van der Waals surface area contributed by atoms with Gasteiger partial charge in [-0.15, -0.1) is 0 Å². The van der Waals surface area contributed by atoms with Crippen LogP contribution < -0.4 is 15.1 Å². The van der Waals surface area contributed by atoms with E-state index in [0.29, 0.717) is 5.54 Å². The highest BCUT2D eigenvalue weighted by Crippen LogP contribution is 2.33. The Balaban J connectivity index is 1.74. The van der Waals surface area contributed by atoms with Gasteiger partial charge in [-0.1, -0.05) is 12.8 Å². The van der Waals surface area contributed by atoms with Gasteiger partial charge in [-0.25, -0.2) is 0 Å². The second-order valence-electron chi connectivity index (χ2n) is 6.25. The van der Waals surface area contributed by atoms with E-state index in [1.807, 2.05) is 0 Å². The Hall–Kier alpha value is -1.22. The molecule has 3 nitrogen and oxygen atoms in total. The van der Waals surface area contributed by atoms with E-state index >= 15 is 0 Å². The lowest BCUT2D eigenvalue weighted by Crippen LogP contribution is -2.59. The Kier molecular flexibility index (Phi) is 3.40. The summed E-state index contributed by atoms with van der Waals surface area (Å²) < 4.78 is 0. The maximum absolute atomic E-state index is 3.77. The van der Waals surface area contributed by atoms with Crippen LogP contribution in [0.4, 0.5) is 11.4 Å². The molecule has 1 spiro atoms. The highest BCUT2D eigenvalue weighted by Gasteiger charge is 2.37. The van der Waals surface area contributed by atoms with Gasteiger partial charge >= 0.3 is 0 Å². The molecule has 3 heteroatoms. The van der Waals surface area contributed by atoms with Gasteiger partial charge in [0, 0.05) is 50.6 Å². The highest BCUT2D eigenvalue weighted by atomic mass is 15.2. The topological polar surface area (TPSA) is 18.5 Å². The number of piperazine rings is 1. The Morgan fingerprint density at radius 3 is 2.42 bits per heavy atom. The molecule has 0 bridgehead atoms. The molecule has 1 N–H and O–H groups in total. The van der Waals surface area contributed by atoms with E-state index in [0.717, 1.165) is 13.1 Å². The minimum Gasteiger partial charge on any atom is -0.378 e. The van der Waals surface area contributed by atoms with Crippen LogP contribution in [0.1, 0.15) is 25.7 Å². The van der Waals surface area contributed by atoms with E-state index in [1.165, 1.54) is 43.6 Å². The van der Waals surface area contributed by atoms with E-state index in [2.05, 4.69) is 53.5 Å². The van der Waals surface area contributed by atoms with Crippen LogP contribution in [0.5, 0.6) is 0 Å².